The molecule has 0 saturated carbocycles. The van der Waals surface area contributed by atoms with Crippen molar-refractivity contribution in [3.05, 3.63) is 23.8 Å². The van der Waals surface area contributed by atoms with Crippen molar-refractivity contribution in [1.82, 2.24) is 15.5 Å². The van der Waals surface area contributed by atoms with Crippen molar-refractivity contribution in [2.24, 2.45) is 4.99 Å². The first kappa shape index (κ1) is 24.5. The summed E-state index contributed by atoms with van der Waals surface area (Å²) in [7, 11) is 1.68. The maximum atomic E-state index is 12.6. The Morgan fingerprint density at radius 1 is 1.32 bits per heavy atom. The molecule has 2 N–H and O–H groups in total. The number of aliphatic imine (C=N–C) groups is 1. The van der Waals surface area contributed by atoms with Crippen molar-refractivity contribution in [2.45, 2.75) is 58.9 Å². The molecule has 1 aromatic carbocycles. The number of halogens is 2. The van der Waals surface area contributed by atoms with E-state index in [1.165, 1.54) is 6.07 Å². The molecule has 1 amide bonds. The van der Waals surface area contributed by atoms with E-state index in [2.05, 4.69) is 20.4 Å². The van der Waals surface area contributed by atoms with Crippen molar-refractivity contribution in [3.63, 3.8) is 0 Å². The summed E-state index contributed by atoms with van der Waals surface area (Å²) in [5.74, 6) is 0.944. The average Bonchev–Trinajstić information content (AvgIpc) is 3.10. The van der Waals surface area contributed by atoms with Gasteiger partial charge in [-0.25, -0.2) is 4.79 Å². The molecule has 0 radical (unpaired) electrons. The Morgan fingerprint density at radius 2 is 2.06 bits per heavy atom. The number of amides is 1. The minimum absolute atomic E-state index is 0.000541. The molecule has 8 nitrogen and oxygen atoms in total. The minimum atomic E-state index is -2.92. The van der Waals surface area contributed by atoms with E-state index in [-0.39, 0.29) is 17.5 Å². The highest BCUT2D eigenvalue weighted by atomic mass is 19.3. The third-order valence-corrected chi connectivity index (χ3v) is 4.40. The third-order valence-electron chi connectivity index (χ3n) is 4.40. The van der Waals surface area contributed by atoms with Crippen LogP contribution in [0, 0.1) is 0 Å². The first-order valence-corrected chi connectivity index (χ1v) is 10.3. The largest absolute Gasteiger partial charge is 0.490 e. The second kappa shape index (κ2) is 11.0. The van der Waals surface area contributed by atoms with Gasteiger partial charge in [0.15, 0.2) is 17.5 Å². The number of hydrogen-bond acceptors (Lipinski definition) is 5. The summed E-state index contributed by atoms with van der Waals surface area (Å²) in [5, 5.41) is 6.14. The molecule has 31 heavy (non-hydrogen) atoms. The van der Waals surface area contributed by atoms with Crippen molar-refractivity contribution in [3.8, 4) is 11.5 Å². The van der Waals surface area contributed by atoms with E-state index in [0.717, 1.165) is 18.5 Å². The monoisotopic (exact) mass is 442 g/mol. The van der Waals surface area contributed by atoms with Crippen LogP contribution in [0.2, 0.25) is 0 Å². The van der Waals surface area contributed by atoms with Crippen LogP contribution in [-0.2, 0) is 11.3 Å². The van der Waals surface area contributed by atoms with Gasteiger partial charge in [0.25, 0.3) is 0 Å². The summed E-state index contributed by atoms with van der Waals surface area (Å²) in [4.78, 5) is 18.3. The van der Waals surface area contributed by atoms with E-state index in [9.17, 15) is 13.6 Å². The van der Waals surface area contributed by atoms with E-state index < -0.39 is 18.3 Å². The zero-order valence-corrected chi connectivity index (χ0v) is 18.7. The molecule has 0 bridgehead atoms. The van der Waals surface area contributed by atoms with Gasteiger partial charge in [-0.2, -0.15) is 8.78 Å². The van der Waals surface area contributed by atoms with Crippen LogP contribution < -0.4 is 20.1 Å². The molecule has 1 unspecified atom stereocenters. The molecule has 1 fully saturated rings. The lowest BCUT2D eigenvalue weighted by molar-refractivity contribution is -0.0514. The predicted molar refractivity (Wildman–Crippen MR) is 114 cm³/mol. The van der Waals surface area contributed by atoms with Gasteiger partial charge in [0.2, 0.25) is 0 Å². The fraction of sp³-hybridized carbons (Fsp3) is 0.619. The standard InChI is InChI=1S/C21H32F2N4O4/c1-6-29-17-11-14(7-8-16(17)30-18(22)23)12-25-19(24-5)27-10-9-15(13-27)26-20(28)31-21(2,3)4/h7-8,11,15,18H,6,9-10,12-13H2,1-5H3,(H,24,25)(H,26,28). The normalized spacial score (nSPS) is 17.0. The van der Waals surface area contributed by atoms with Crippen LogP contribution >= 0.6 is 0 Å². The molecule has 0 aromatic heterocycles. The van der Waals surface area contributed by atoms with E-state index >= 15 is 0 Å². The number of benzene rings is 1. The summed E-state index contributed by atoms with van der Waals surface area (Å²) in [5.41, 5.74) is 0.282. The number of hydrogen-bond donors (Lipinski definition) is 2. The maximum Gasteiger partial charge on any atom is 0.407 e. The lowest BCUT2D eigenvalue weighted by Crippen LogP contribution is -2.44. The Kier molecular flexibility index (Phi) is 8.70. The second-order valence-electron chi connectivity index (χ2n) is 8.07. The summed E-state index contributed by atoms with van der Waals surface area (Å²) < 4.78 is 40.3. The quantitative estimate of drug-likeness (QED) is 0.498. The van der Waals surface area contributed by atoms with Crippen LogP contribution in [0.15, 0.2) is 23.2 Å². The van der Waals surface area contributed by atoms with E-state index in [1.807, 2.05) is 25.7 Å². The van der Waals surface area contributed by atoms with Crippen LogP contribution in [0.5, 0.6) is 11.5 Å². The molecular formula is C21H32F2N4O4. The van der Waals surface area contributed by atoms with E-state index in [4.69, 9.17) is 9.47 Å². The van der Waals surface area contributed by atoms with Gasteiger partial charge >= 0.3 is 12.7 Å². The number of carbonyl (C=O) groups excluding carboxylic acids is 1. The topological polar surface area (TPSA) is 84.4 Å². The Hall–Kier alpha value is -2.78. The highest BCUT2D eigenvalue weighted by molar-refractivity contribution is 5.80. The van der Waals surface area contributed by atoms with Crippen molar-refractivity contribution in [1.29, 1.82) is 0 Å². The number of likely N-dealkylation sites (tertiary alicyclic amines) is 1. The molecule has 1 atom stereocenters. The smallest absolute Gasteiger partial charge is 0.407 e. The zero-order chi connectivity index (χ0) is 23.0. The van der Waals surface area contributed by atoms with Crippen molar-refractivity contribution >= 4 is 12.1 Å². The lowest BCUT2D eigenvalue weighted by atomic mass is 10.2. The number of alkyl halides is 2. The molecule has 1 heterocycles. The molecule has 1 aromatic rings. The molecule has 1 aliphatic heterocycles. The van der Waals surface area contributed by atoms with Gasteiger partial charge in [-0.15, -0.1) is 0 Å². The average molecular weight is 443 g/mol. The summed E-state index contributed by atoms with van der Waals surface area (Å²) in [6, 6.07) is 4.78. The van der Waals surface area contributed by atoms with E-state index in [1.54, 1.807) is 26.1 Å². The fourth-order valence-electron chi connectivity index (χ4n) is 3.18. The number of carbonyl (C=O) groups is 1. The Balaban J connectivity index is 1.92. The number of guanidine groups is 1. The molecule has 1 saturated heterocycles. The first-order valence-electron chi connectivity index (χ1n) is 10.3. The number of rotatable bonds is 7. The molecule has 174 valence electrons. The number of nitrogens with one attached hydrogen (secondary N) is 2. The molecular weight excluding hydrogens is 410 g/mol. The summed E-state index contributed by atoms with van der Waals surface area (Å²) >= 11 is 0. The molecule has 2 rings (SSSR count). The maximum absolute atomic E-state index is 12.6. The highest BCUT2D eigenvalue weighted by Crippen LogP contribution is 2.30. The van der Waals surface area contributed by atoms with E-state index in [0.29, 0.717) is 25.7 Å². The van der Waals surface area contributed by atoms with Gasteiger partial charge in [0, 0.05) is 26.7 Å². The van der Waals surface area contributed by atoms with Gasteiger partial charge < -0.3 is 29.7 Å². The molecule has 10 heteroatoms. The number of nitrogens with zero attached hydrogens (tertiary/aromatic N) is 2. The zero-order valence-electron chi connectivity index (χ0n) is 18.7. The predicted octanol–water partition coefficient (Wildman–Crippen LogP) is 3.36. The van der Waals surface area contributed by atoms with Crippen LogP contribution in [0.25, 0.3) is 0 Å². The number of ether oxygens (including phenoxy) is 3. The lowest BCUT2D eigenvalue weighted by Gasteiger charge is -2.23. The van der Waals surface area contributed by atoms with Crippen molar-refractivity contribution in [2.75, 3.05) is 26.7 Å². The Bertz CT molecular complexity index is 768. The fourth-order valence-corrected chi connectivity index (χ4v) is 3.18. The SMILES string of the molecule is CCOc1cc(CNC(=NC)N2CCC(NC(=O)OC(C)(C)C)C2)ccc1OC(F)F. The highest BCUT2D eigenvalue weighted by Gasteiger charge is 2.27. The first-order chi connectivity index (χ1) is 14.6. The van der Waals surface area contributed by atoms with Gasteiger partial charge in [-0.3, -0.25) is 4.99 Å². The van der Waals surface area contributed by atoms with Crippen LogP contribution in [-0.4, -0.2) is 62.0 Å². The Morgan fingerprint density at radius 3 is 2.68 bits per heavy atom. The van der Waals surface area contributed by atoms with Gasteiger partial charge in [0.05, 0.1) is 12.6 Å². The summed E-state index contributed by atoms with van der Waals surface area (Å²) in [6.07, 6.45) is 0.338. The minimum Gasteiger partial charge on any atom is -0.490 e. The molecule has 1 aliphatic rings. The van der Waals surface area contributed by atoms with Crippen molar-refractivity contribution < 1.29 is 27.8 Å². The van der Waals surface area contributed by atoms with Crippen LogP contribution in [0.1, 0.15) is 39.7 Å². The Labute approximate surface area is 181 Å². The van der Waals surface area contributed by atoms with Crippen LogP contribution in [0.3, 0.4) is 0 Å². The second-order valence-corrected chi connectivity index (χ2v) is 8.07. The van der Waals surface area contributed by atoms with Gasteiger partial charge in [0.1, 0.15) is 5.60 Å². The molecule has 0 aliphatic carbocycles. The number of alkyl carbamates (subject to hydrolysis) is 1. The third kappa shape index (κ3) is 8.10. The summed E-state index contributed by atoms with van der Waals surface area (Å²) in [6.45, 7) is 6.40. The van der Waals surface area contributed by atoms with Gasteiger partial charge in [-0.1, -0.05) is 6.07 Å². The van der Waals surface area contributed by atoms with Crippen LogP contribution in [0.4, 0.5) is 13.6 Å². The molecule has 0 spiro atoms. The van der Waals surface area contributed by atoms with Gasteiger partial charge in [-0.05, 0) is 51.8 Å².